The monoisotopic (exact) mass is 1030 g/mol. The van der Waals surface area contributed by atoms with Gasteiger partial charge in [-0.3, -0.25) is 0 Å². The number of fused-ring (bicyclic) bond motifs is 8. The number of hydrogen-bond donors (Lipinski definition) is 0. The molecule has 3 aliphatic rings. The van der Waals surface area contributed by atoms with Crippen LogP contribution in [0.4, 0.5) is 51.2 Å². The van der Waals surface area contributed by atoms with Gasteiger partial charge in [-0.1, -0.05) is 191 Å². The van der Waals surface area contributed by atoms with E-state index in [4.69, 9.17) is 0 Å². The first-order valence-electron chi connectivity index (χ1n) is 28.3. The summed E-state index contributed by atoms with van der Waals surface area (Å²) < 4.78 is 0. The van der Waals surface area contributed by atoms with E-state index in [1.165, 1.54) is 100 Å². The largest absolute Gasteiger partial charge is 0.310 e. The highest BCUT2D eigenvalue weighted by atomic mass is 15.2. The Morgan fingerprint density at radius 3 is 1.10 bits per heavy atom. The van der Waals surface area contributed by atoms with Gasteiger partial charge >= 0.3 is 0 Å². The van der Waals surface area contributed by atoms with Crippen LogP contribution in [0.2, 0.25) is 0 Å². The van der Waals surface area contributed by atoms with E-state index in [0.717, 1.165) is 39.8 Å². The Bertz CT molecular complexity index is 3980. The summed E-state index contributed by atoms with van der Waals surface area (Å²) in [4.78, 5) is 7.42. The minimum absolute atomic E-state index is 0.142. The zero-order valence-electron chi connectivity index (χ0n) is 47.0. The second-order valence-electron chi connectivity index (χ2n) is 23.5. The first-order valence-corrected chi connectivity index (χ1v) is 28.3. The van der Waals surface area contributed by atoms with Gasteiger partial charge in [0.15, 0.2) is 0 Å². The summed E-state index contributed by atoms with van der Waals surface area (Å²) in [5.74, 6) is 0. The molecule has 0 saturated carbocycles. The van der Waals surface area contributed by atoms with Gasteiger partial charge in [-0.05, 0) is 202 Å². The van der Waals surface area contributed by atoms with Crippen LogP contribution in [0.25, 0.3) is 22.3 Å². The van der Waals surface area contributed by atoms with E-state index in [2.05, 4.69) is 319 Å². The first kappa shape index (κ1) is 49.1. The summed E-state index contributed by atoms with van der Waals surface area (Å²) >= 11 is 0. The smallest absolute Gasteiger partial charge is 0.0742 e. The standard InChI is InChI=1S/C77H65N3/c1-50-22-20-34-71(52(50)3)78(59-44-46-63-61-26-12-14-28-65(61)75(5,6)69(63)48-59)57-40-36-54(37-41-57)77(67-30-16-18-32-73(67)80(56-24-10-9-11-25-56)74-33-19-17-31-68(74)77)55-38-42-58(43-39-55)79(72-35-21-23-51(2)53(72)4)60-45-47-64-62-27-13-15-29-66(62)76(7,8)70(64)49-60/h9-49H,1-8H3. The quantitative estimate of drug-likeness (QED) is 0.143. The minimum Gasteiger partial charge on any atom is -0.310 e. The fraction of sp³-hybridized carbons (Fsp3) is 0.143. The molecule has 0 fully saturated rings. The van der Waals surface area contributed by atoms with Gasteiger partial charge in [0, 0.05) is 50.6 Å². The number of para-hydroxylation sites is 3. The Hall–Kier alpha value is -9.18. The molecule has 1 aliphatic heterocycles. The van der Waals surface area contributed by atoms with Gasteiger partial charge in [0.1, 0.15) is 0 Å². The molecule has 0 aromatic heterocycles. The van der Waals surface area contributed by atoms with Gasteiger partial charge in [-0.15, -0.1) is 0 Å². The fourth-order valence-electron chi connectivity index (χ4n) is 14.1. The molecule has 2 aliphatic carbocycles. The predicted molar refractivity (Wildman–Crippen MR) is 336 cm³/mol. The van der Waals surface area contributed by atoms with Crippen molar-refractivity contribution in [1.82, 2.24) is 0 Å². The van der Waals surface area contributed by atoms with E-state index in [1.54, 1.807) is 0 Å². The van der Waals surface area contributed by atoms with Crippen LogP contribution in [0.1, 0.15) is 94.5 Å². The van der Waals surface area contributed by atoms with Crippen molar-refractivity contribution in [3.05, 3.63) is 315 Å². The molecule has 3 heteroatoms. The van der Waals surface area contributed by atoms with Crippen molar-refractivity contribution < 1.29 is 0 Å². The Balaban J connectivity index is 0.966. The summed E-state index contributed by atoms with van der Waals surface area (Å²) in [6.07, 6.45) is 0. The Labute approximate surface area is 472 Å². The molecule has 80 heavy (non-hydrogen) atoms. The zero-order chi connectivity index (χ0) is 54.7. The van der Waals surface area contributed by atoms with Crippen molar-refractivity contribution in [2.75, 3.05) is 14.7 Å². The third-order valence-corrected chi connectivity index (χ3v) is 18.5. The maximum Gasteiger partial charge on any atom is 0.0742 e. The lowest BCUT2D eigenvalue weighted by atomic mass is 9.62. The molecule has 3 nitrogen and oxygen atoms in total. The van der Waals surface area contributed by atoms with Crippen LogP contribution in [-0.4, -0.2) is 0 Å². The van der Waals surface area contributed by atoms with Crippen LogP contribution in [0.15, 0.2) is 249 Å². The molecule has 0 atom stereocenters. The van der Waals surface area contributed by atoms with Crippen molar-refractivity contribution in [3.63, 3.8) is 0 Å². The fourth-order valence-corrected chi connectivity index (χ4v) is 14.1. The molecule has 0 bridgehead atoms. The van der Waals surface area contributed by atoms with Gasteiger partial charge in [0.2, 0.25) is 0 Å². The maximum absolute atomic E-state index is 2.48. The molecular formula is C77H65N3. The number of benzene rings is 11. The second kappa shape index (κ2) is 18.5. The second-order valence-corrected chi connectivity index (χ2v) is 23.5. The van der Waals surface area contributed by atoms with Crippen molar-refractivity contribution in [2.45, 2.75) is 71.6 Å². The molecule has 0 saturated heterocycles. The molecular weight excluding hydrogens is 967 g/mol. The van der Waals surface area contributed by atoms with E-state index in [0.29, 0.717) is 0 Å². The summed E-state index contributed by atoms with van der Waals surface area (Å²) in [7, 11) is 0. The lowest BCUT2D eigenvalue weighted by Crippen LogP contribution is -2.37. The molecule has 0 unspecified atom stereocenters. The van der Waals surface area contributed by atoms with Gasteiger partial charge in [-0.25, -0.2) is 0 Å². The van der Waals surface area contributed by atoms with Crippen molar-refractivity contribution in [2.24, 2.45) is 0 Å². The van der Waals surface area contributed by atoms with Crippen LogP contribution in [0.5, 0.6) is 0 Å². The number of anilines is 9. The minimum atomic E-state index is -0.726. The van der Waals surface area contributed by atoms with Gasteiger partial charge in [0.25, 0.3) is 0 Å². The SMILES string of the molecule is Cc1cccc(N(c2ccc(C3(c4ccc(N(c5ccc6c(c5)C(C)(C)c5ccccc5-6)c5cccc(C)c5C)cc4)c4ccccc4N(c4ccccc4)c4ccccc43)cc2)c2ccc3c(c2)C(C)(C)c2ccccc2-3)c1C. The lowest BCUT2D eigenvalue weighted by Gasteiger charge is -2.46. The van der Waals surface area contributed by atoms with Crippen molar-refractivity contribution >= 4 is 51.2 Å². The molecule has 14 rings (SSSR count). The number of hydrogen-bond acceptors (Lipinski definition) is 3. The van der Waals surface area contributed by atoms with Gasteiger partial charge in [0.05, 0.1) is 16.8 Å². The zero-order valence-corrected chi connectivity index (χ0v) is 47.0. The maximum atomic E-state index is 2.48. The average molecular weight is 1030 g/mol. The molecule has 0 N–H and O–H groups in total. The Kier molecular flexibility index (Phi) is 11.3. The summed E-state index contributed by atoms with van der Waals surface area (Å²) in [6.45, 7) is 18.5. The van der Waals surface area contributed by atoms with E-state index in [-0.39, 0.29) is 10.8 Å². The third-order valence-electron chi connectivity index (χ3n) is 18.5. The van der Waals surface area contributed by atoms with Crippen LogP contribution in [0.3, 0.4) is 0 Å². The Morgan fingerprint density at radius 1 is 0.300 bits per heavy atom. The lowest BCUT2D eigenvalue weighted by molar-refractivity contribution is 0.660. The molecule has 0 amide bonds. The number of aryl methyl sites for hydroxylation is 2. The molecule has 11 aromatic carbocycles. The van der Waals surface area contributed by atoms with E-state index in [9.17, 15) is 0 Å². The number of rotatable bonds is 9. The topological polar surface area (TPSA) is 9.72 Å². The van der Waals surface area contributed by atoms with Crippen molar-refractivity contribution in [1.29, 1.82) is 0 Å². The van der Waals surface area contributed by atoms with Crippen LogP contribution in [-0.2, 0) is 16.2 Å². The highest BCUT2D eigenvalue weighted by Gasteiger charge is 2.47. The molecule has 388 valence electrons. The normalized spacial score (nSPS) is 14.5. The molecule has 11 aromatic rings. The molecule has 0 radical (unpaired) electrons. The van der Waals surface area contributed by atoms with Crippen LogP contribution >= 0.6 is 0 Å². The van der Waals surface area contributed by atoms with Crippen LogP contribution < -0.4 is 14.7 Å². The van der Waals surface area contributed by atoms with E-state index < -0.39 is 5.41 Å². The summed E-state index contributed by atoms with van der Waals surface area (Å²) in [5.41, 5.74) is 29.9. The van der Waals surface area contributed by atoms with Gasteiger partial charge in [-0.2, -0.15) is 0 Å². The molecule has 1 heterocycles. The first-order chi connectivity index (χ1) is 38.9. The van der Waals surface area contributed by atoms with Crippen LogP contribution in [0, 0.1) is 27.7 Å². The van der Waals surface area contributed by atoms with E-state index >= 15 is 0 Å². The average Bonchev–Trinajstić information content (AvgIpc) is 4.01. The highest BCUT2D eigenvalue weighted by molar-refractivity contribution is 5.92. The summed E-state index contributed by atoms with van der Waals surface area (Å²) in [6, 6.07) is 93.6. The van der Waals surface area contributed by atoms with Gasteiger partial charge < -0.3 is 14.7 Å². The Morgan fingerprint density at radius 2 is 0.662 bits per heavy atom. The van der Waals surface area contributed by atoms with Crippen molar-refractivity contribution in [3.8, 4) is 22.3 Å². The third kappa shape index (κ3) is 7.26. The molecule has 0 spiro atoms. The number of nitrogens with zero attached hydrogens (tertiary/aromatic N) is 3. The predicted octanol–water partition coefficient (Wildman–Crippen LogP) is 20.6. The highest BCUT2D eigenvalue weighted by Crippen LogP contribution is 2.59. The summed E-state index contributed by atoms with van der Waals surface area (Å²) in [5, 5.41) is 0. The van der Waals surface area contributed by atoms with E-state index in [1.807, 2.05) is 0 Å².